The van der Waals surface area contributed by atoms with Crippen LogP contribution in [0.1, 0.15) is 36.9 Å². The molecule has 0 saturated carbocycles. The number of carbonyl (C=O) groups excluding carboxylic acids is 2. The van der Waals surface area contributed by atoms with Crippen LogP contribution in [0, 0.1) is 0 Å². The Hall–Kier alpha value is -3.54. The molecule has 1 aliphatic heterocycles. The van der Waals surface area contributed by atoms with Gasteiger partial charge in [0.2, 0.25) is 10.0 Å². The topological polar surface area (TPSA) is 132 Å². The molecule has 2 heterocycles. The molecule has 11 heteroatoms. The summed E-state index contributed by atoms with van der Waals surface area (Å²) in [5.74, 6) is -0.0600. The zero-order chi connectivity index (χ0) is 26.2. The molecule has 2 N–H and O–H groups in total. The second kappa shape index (κ2) is 9.84. The van der Waals surface area contributed by atoms with Crippen LogP contribution in [0.4, 0.5) is 5.69 Å². The largest absolute Gasteiger partial charge is 0.459 e. The highest BCUT2D eigenvalue weighted by molar-refractivity contribution is 9.10. The van der Waals surface area contributed by atoms with Gasteiger partial charge in [-0.2, -0.15) is 10.1 Å². The van der Waals surface area contributed by atoms with Gasteiger partial charge in [-0.25, -0.2) is 18.4 Å². The predicted octanol–water partition coefficient (Wildman–Crippen LogP) is 4.73. The summed E-state index contributed by atoms with van der Waals surface area (Å²) in [7, 11) is -3.85. The molecule has 0 spiro atoms. The maximum atomic E-state index is 13.1. The number of hydrazone groups is 1. The molecule has 2 aromatic carbocycles. The van der Waals surface area contributed by atoms with Crippen molar-refractivity contribution < 1.29 is 27.2 Å². The van der Waals surface area contributed by atoms with Crippen LogP contribution in [0.25, 0.3) is 17.4 Å². The first-order valence-corrected chi connectivity index (χ1v) is 13.1. The van der Waals surface area contributed by atoms with Crippen LogP contribution in [0.2, 0.25) is 0 Å². The Labute approximate surface area is 216 Å². The van der Waals surface area contributed by atoms with Crippen molar-refractivity contribution in [1.82, 2.24) is 0 Å². The van der Waals surface area contributed by atoms with Crippen molar-refractivity contribution in [2.45, 2.75) is 31.8 Å². The van der Waals surface area contributed by atoms with Gasteiger partial charge in [-0.3, -0.25) is 4.79 Å². The second-order valence-corrected chi connectivity index (χ2v) is 10.7. The van der Waals surface area contributed by atoms with Gasteiger partial charge in [-0.15, -0.1) is 0 Å². The minimum absolute atomic E-state index is 0.0675. The molecule has 0 atom stereocenters. The lowest BCUT2D eigenvalue weighted by atomic mass is 10.1. The molecule has 1 amide bonds. The van der Waals surface area contributed by atoms with Crippen molar-refractivity contribution >= 4 is 55.3 Å². The highest BCUT2D eigenvalue weighted by Crippen LogP contribution is 2.31. The minimum atomic E-state index is -3.85. The van der Waals surface area contributed by atoms with Gasteiger partial charge in [-0.05, 0) is 81.4 Å². The average Bonchev–Trinajstić information content (AvgIpc) is 3.38. The van der Waals surface area contributed by atoms with Gasteiger partial charge in [-0.1, -0.05) is 15.9 Å². The number of rotatable bonds is 6. The normalized spacial score (nSPS) is 15.1. The second-order valence-electron chi connectivity index (χ2n) is 8.25. The van der Waals surface area contributed by atoms with E-state index in [9.17, 15) is 18.0 Å². The monoisotopic (exact) mass is 571 g/mol. The van der Waals surface area contributed by atoms with Crippen LogP contribution in [0.15, 0.2) is 79.1 Å². The number of nitrogens with two attached hydrogens (primary N) is 1. The number of hydrogen-bond acceptors (Lipinski definition) is 7. The summed E-state index contributed by atoms with van der Waals surface area (Å²) < 4.78 is 35.0. The summed E-state index contributed by atoms with van der Waals surface area (Å²) in [6.45, 7) is 5.22. The molecular weight excluding hydrogens is 550 g/mol. The van der Waals surface area contributed by atoms with Gasteiger partial charge >= 0.3 is 5.97 Å². The number of furan rings is 1. The van der Waals surface area contributed by atoms with Crippen LogP contribution in [-0.4, -0.2) is 32.1 Å². The van der Waals surface area contributed by atoms with E-state index in [0.717, 1.165) is 4.47 Å². The van der Waals surface area contributed by atoms with Crippen molar-refractivity contribution in [3.05, 3.63) is 76.0 Å². The average molecular weight is 572 g/mol. The highest BCUT2D eigenvalue weighted by Gasteiger charge is 2.29. The number of primary sulfonamides is 1. The smallest absolute Gasteiger partial charge is 0.339 e. The third kappa shape index (κ3) is 5.32. The first kappa shape index (κ1) is 25.5. The SMILES string of the molecule is CC1=NN(c2ccc(S(N)(=O)=O)cc2)C(=O)/C1=C\c1ccc(-c2ccc(Br)cc2C(=O)OC(C)C)o1. The fraction of sp³-hybridized carbons (Fsp3) is 0.160. The number of amides is 1. The van der Waals surface area contributed by atoms with E-state index in [-0.39, 0.29) is 11.0 Å². The molecule has 186 valence electrons. The van der Waals surface area contributed by atoms with E-state index < -0.39 is 21.9 Å². The van der Waals surface area contributed by atoms with Gasteiger partial charge in [0.25, 0.3) is 5.91 Å². The highest BCUT2D eigenvalue weighted by atomic mass is 79.9. The van der Waals surface area contributed by atoms with Gasteiger partial charge in [0, 0.05) is 10.0 Å². The number of carbonyl (C=O) groups is 2. The van der Waals surface area contributed by atoms with Crippen molar-refractivity contribution in [3.8, 4) is 11.3 Å². The van der Waals surface area contributed by atoms with Crippen molar-refractivity contribution in [2.24, 2.45) is 10.2 Å². The van der Waals surface area contributed by atoms with Gasteiger partial charge in [0.05, 0.1) is 33.5 Å². The van der Waals surface area contributed by atoms with E-state index in [1.807, 2.05) is 0 Å². The number of halogens is 1. The molecule has 3 aromatic rings. The fourth-order valence-electron chi connectivity index (χ4n) is 3.53. The van der Waals surface area contributed by atoms with Gasteiger partial charge < -0.3 is 9.15 Å². The number of benzene rings is 2. The summed E-state index contributed by atoms with van der Waals surface area (Å²) in [4.78, 5) is 25.6. The third-order valence-electron chi connectivity index (χ3n) is 5.20. The van der Waals surface area contributed by atoms with Crippen molar-refractivity contribution in [3.63, 3.8) is 0 Å². The van der Waals surface area contributed by atoms with E-state index in [1.165, 1.54) is 29.3 Å². The summed E-state index contributed by atoms with van der Waals surface area (Å²) >= 11 is 3.38. The molecule has 0 aliphatic carbocycles. The molecule has 4 rings (SSSR count). The number of esters is 1. The predicted molar refractivity (Wildman–Crippen MR) is 139 cm³/mol. The molecule has 1 aliphatic rings. The summed E-state index contributed by atoms with van der Waals surface area (Å²) in [6, 6.07) is 14.1. The number of nitrogens with zero attached hydrogens (tertiary/aromatic N) is 2. The molecule has 0 fully saturated rings. The first-order chi connectivity index (χ1) is 16.9. The van der Waals surface area contributed by atoms with E-state index in [2.05, 4.69) is 21.0 Å². The van der Waals surface area contributed by atoms with Crippen LogP contribution >= 0.6 is 15.9 Å². The lowest BCUT2D eigenvalue weighted by Gasteiger charge is -2.12. The molecule has 1 aromatic heterocycles. The standard InChI is InChI=1S/C25H22BrN3O6S/c1-14(2)34-25(31)22-12-16(26)4-10-20(22)23-11-7-18(35-23)13-21-15(3)28-29(24(21)30)17-5-8-19(9-6-17)36(27,32)33/h4-14H,1-3H3,(H2,27,32,33)/b21-13-. The number of sulfonamides is 1. The van der Waals surface area contributed by atoms with E-state index in [1.54, 1.807) is 57.2 Å². The molecule has 0 radical (unpaired) electrons. The van der Waals surface area contributed by atoms with Crippen LogP contribution < -0.4 is 10.1 Å². The minimum Gasteiger partial charge on any atom is -0.459 e. The lowest BCUT2D eigenvalue weighted by molar-refractivity contribution is -0.114. The number of hydrogen-bond donors (Lipinski definition) is 1. The van der Waals surface area contributed by atoms with E-state index >= 15 is 0 Å². The van der Waals surface area contributed by atoms with Crippen LogP contribution in [0.5, 0.6) is 0 Å². The number of anilines is 1. The lowest BCUT2D eigenvalue weighted by Crippen LogP contribution is -2.21. The molecule has 0 unspecified atom stereocenters. The zero-order valence-corrected chi connectivity index (χ0v) is 22.0. The summed E-state index contributed by atoms with van der Waals surface area (Å²) in [5.41, 5.74) is 2.04. The Balaban J connectivity index is 1.62. The third-order valence-corrected chi connectivity index (χ3v) is 6.62. The molecule has 36 heavy (non-hydrogen) atoms. The number of ether oxygens (including phenoxy) is 1. The van der Waals surface area contributed by atoms with Crippen LogP contribution in [-0.2, 0) is 19.6 Å². The molecule has 0 saturated heterocycles. The summed E-state index contributed by atoms with van der Waals surface area (Å²) in [5, 5.41) is 10.6. The van der Waals surface area contributed by atoms with Gasteiger partial charge in [0.1, 0.15) is 11.5 Å². The Morgan fingerprint density at radius 2 is 1.83 bits per heavy atom. The quantitative estimate of drug-likeness (QED) is 0.336. The maximum absolute atomic E-state index is 13.1. The van der Waals surface area contributed by atoms with Gasteiger partial charge in [0.15, 0.2) is 0 Å². The Morgan fingerprint density at radius 3 is 2.47 bits per heavy atom. The Morgan fingerprint density at radius 1 is 1.14 bits per heavy atom. The first-order valence-electron chi connectivity index (χ1n) is 10.8. The Bertz CT molecular complexity index is 1520. The van der Waals surface area contributed by atoms with E-state index in [4.69, 9.17) is 14.3 Å². The molecular formula is C25H22BrN3O6S. The maximum Gasteiger partial charge on any atom is 0.339 e. The van der Waals surface area contributed by atoms with Crippen molar-refractivity contribution in [1.29, 1.82) is 0 Å². The van der Waals surface area contributed by atoms with Crippen molar-refractivity contribution in [2.75, 3.05) is 5.01 Å². The summed E-state index contributed by atoms with van der Waals surface area (Å²) in [6.07, 6.45) is 1.28. The molecule has 0 bridgehead atoms. The molecule has 9 nitrogen and oxygen atoms in total. The van der Waals surface area contributed by atoms with E-state index in [0.29, 0.717) is 39.6 Å². The Kier molecular flexibility index (Phi) is 6.98. The fourth-order valence-corrected chi connectivity index (χ4v) is 4.41. The van der Waals surface area contributed by atoms with Crippen LogP contribution in [0.3, 0.4) is 0 Å². The zero-order valence-electron chi connectivity index (χ0n) is 19.6.